The first-order valence-electron chi connectivity index (χ1n) is 8.69. The van der Waals surface area contributed by atoms with Crippen molar-refractivity contribution in [3.63, 3.8) is 0 Å². The summed E-state index contributed by atoms with van der Waals surface area (Å²) in [6, 6.07) is 12.8. The third-order valence-electron chi connectivity index (χ3n) is 5.23. The number of rotatable bonds is 2. The Morgan fingerprint density at radius 1 is 0.852 bits per heavy atom. The van der Waals surface area contributed by atoms with Crippen LogP contribution in [0, 0.1) is 0 Å². The van der Waals surface area contributed by atoms with Gasteiger partial charge >= 0.3 is 0 Å². The second kappa shape index (κ2) is 7.31. The minimum absolute atomic E-state index is 0.0391. The smallest absolute Gasteiger partial charge is 0.225 e. The van der Waals surface area contributed by atoms with Crippen LogP contribution >= 0.6 is 34.8 Å². The molecular formula is C21H16Cl3NO2. The number of hydrogen-bond acceptors (Lipinski definition) is 2. The summed E-state index contributed by atoms with van der Waals surface area (Å²) in [6.45, 7) is 0. The van der Waals surface area contributed by atoms with E-state index in [0.29, 0.717) is 39.2 Å². The second-order valence-electron chi connectivity index (χ2n) is 6.92. The molecule has 0 fully saturated rings. The topological polar surface area (TPSA) is 46.2 Å². The predicted octanol–water partition coefficient (Wildman–Crippen LogP) is 5.65. The third kappa shape index (κ3) is 3.52. The maximum atomic E-state index is 13.1. The van der Waals surface area contributed by atoms with E-state index in [1.54, 1.807) is 12.1 Å². The number of hydrogen-bond donors (Lipinski definition) is 1. The molecule has 138 valence electrons. The minimum Gasteiger partial charge on any atom is -0.329 e. The van der Waals surface area contributed by atoms with Crippen molar-refractivity contribution in [1.82, 2.24) is 5.32 Å². The van der Waals surface area contributed by atoms with Crippen LogP contribution in [0.3, 0.4) is 0 Å². The fraction of sp³-hybridized carbons (Fsp3) is 0.238. The summed E-state index contributed by atoms with van der Waals surface area (Å²) in [5, 5.41) is 4.42. The highest BCUT2D eigenvalue weighted by Crippen LogP contribution is 2.44. The Labute approximate surface area is 172 Å². The van der Waals surface area contributed by atoms with Gasteiger partial charge in [-0.05, 0) is 41.7 Å². The summed E-state index contributed by atoms with van der Waals surface area (Å²) >= 11 is 18.5. The van der Waals surface area contributed by atoms with Crippen molar-refractivity contribution in [2.24, 2.45) is 0 Å². The van der Waals surface area contributed by atoms with Gasteiger partial charge in [-0.25, -0.2) is 0 Å². The molecule has 0 spiro atoms. The molecule has 2 atom stereocenters. The van der Waals surface area contributed by atoms with E-state index in [1.807, 2.05) is 30.3 Å². The number of halogens is 3. The molecule has 3 nitrogen and oxygen atoms in total. The van der Waals surface area contributed by atoms with Crippen molar-refractivity contribution in [2.75, 3.05) is 0 Å². The van der Waals surface area contributed by atoms with Crippen LogP contribution in [0.4, 0.5) is 0 Å². The number of allylic oxidation sites excluding steroid dienone is 2. The average molecular weight is 421 g/mol. The van der Waals surface area contributed by atoms with Crippen molar-refractivity contribution in [3.8, 4) is 0 Å². The van der Waals surface area contributed by atoms with Gasteiger partial charge in [-0.1, -0.05) is 59.1 Å². The lowest BCUT2D eigenvalue weighted by Crippen LogP contribution is -2.38. The zero-order valence-corrected chi connectivity index (χ0v) is 16.5. The van der Waals surface area contributed by atoms with E-state index in [-0.39, 0.29) is 29.9 Å². The van der Waals surface area contributed by atoms with Gasteiger partial charge < -0.3 is 5.32 Å². The van der Waals surface area contributed by atoms with Gasteiger partial charge in [0.15, 0.2) is 5.78 Å². The largest absolute Gasteiger partial charge is 0.329 e. The third-order valence-corrected chi connectivity index (χ3v) is 6.31. The molecule has 6 heteroatoms. The summed E-state index contributed by atoms with van der Waals surface area (Å²) in [5.74, 6) is -0.407. The van der Waals surface area contributed by atoms with E-state index in [1.165, 1.54) is 0 Å². The van der Waals surface area contributed by atoms with Crippen molar-refractivity contribution in [2.45, 2.75) is 31.1 Å². The predicted molar refractivity (Wildman–Crippen MR) is 107 cm³/mol. The molecule has 0 aromatic heterocycles. The van der Waals surface area contributed by atoms with Crippen LogP contribution in [-0.4, -0.2) is 11.7 Å². The van der Waals surface area contributed by atoms with Crippen molar-refractivity contribution < 1.29 is 9.59 Å². The van der Waals surface area contributed by atoms with E-state index in [9.17, 15) is 9.59 Å². The zero-order chi connectivity index (χ0) is 19.1. The van der Waals surface area contributed by atoms with Crippen LogP contribution in [0.5, 0.6) is 0 Å². The molecule has 0 radical (unpaired) electrons. The Bertz CT molecular complexity index is 983. The average Bonchev–Trinajstić information content (AvgIpc) is 2.63. The molecule has 1 aliphatic carbocycles. The number of carbonyl (C=O) groups is 2. The highest BCUT2D eigenvalue weighted by Gasteiger charge is 2.38. The van der Waals surface area contributed by atoms with Crippen molar-refractivity contribution >= 4 is 46.5 Å². The second-order valence-corrected chi connectivity index (χ2v) is 8.14. The summed E-state index contributed by atoms with van der Waals surface area (Å²) in [5.41, 5.74) is 3.14. The molecule has 2 aromatic rings. The highest BCUT2D eigenvalue weighted by atomic mass is 35.5. The molecule has 4 rings (SSSR count). The number of Topliss-reactive ketones (excluding diaryl/α,β-unsaturated/α-hetero) is 1. The van der Waals surface area contributed by atoms with E-state index in [2.05, 4.69) is 5.32 Å². The number of amides is 1. The maximum absolute atomic E-state index is 13.1. The SMILES string of the molecule is O=C1C[C@@H](c2ccc(Cl)c(Cl)c2)C2=C(C[C@@H](c3ccccc3Cl)CC2=O)N1. The lowest BCUT2D eigenvalue weighted by Gasteiger charge is -2.34. The van der Waals surface area contributed by atoms with Crippen molar-refractivity contribution in [1.29, 1.82) is 0 Å². The minimum atomic E-state index is -0.303. The van der Waals surface area contributed by atoms with Gasteiger partial charge in [0.2, 0.25) is 5.91 Å². The van der Waals surface area contributed by atoms with E-state index in [0.717, 1.165) is 11.1 Å². The quantitative estimate of drug-likeness (QED) is 0.682. The zero-order valence-electron chi connectivity index (χ0n) is 14.3. The number of nitrogens with one attached hydrogen (secondary N) is 1. The first-order chi connectivity index (χ1) is 12.9. The fourth-order valence-electron chi connectivity index (χ4n) is 4.00. The molecule has 1 N–H and O–H groups in total. The Morgan fingerprint density at radius 3 is 2.37 bits per heavy atom. The lowest BCUT2D eigenvalue weighted by atomic mass is 9.73. The molecule has 1 aliphatic heterocycles. The van der Waals surface area contributed by atoms with Crippen LogP contribution in [0.25, 0.3) is 0 Å². The van der Waals surface area contributed by atoms with Crippen molar-refractivity contribution in [3.05, 3.63) is 79.9 Å². The van der Waals surface area contributed by atoms with Crippen LogP contribution in [0.1, 0.15) is 42.2 Å². The molecule has 0 saturated heterocycles. The molecule has 1 heterocycles. The molecule has 0 unspecified atom stereocenters. The molecule has 2 aliphatic rings. The summed E-state index contributed by atoms with van der Waals surface area (Å²) in [4.78, 5) is 25.4. The summed E-state index contributed by atoms with van der Waals surface area (Å²) < 4.78 is 0. The van der Waals surface area contributed by atoms with E-state index >= 15 is 0 Å². The molecule has 0 saturated carbocycles. The number of carbonyl (C=O) groups excluding carboxylic acids is 2. The monoisotopic (exact) mass is 419 g/mol. The highest BCUT2D eigenvalue weighted by molar-refractivity contribution is 6.42. The van der Waals surface area contributed by atoms with Gasteiger partial charge in [-0.3, -0.25) is 9.59 Å². The Balaban J connectivity index is 1.74. The van der Waals surface area contributed by atoms with Gasteiger partial charge in [0.1, 0.15) is 0 Å². The van der Waals surface area contributed by atoms with Gasteiger partial charge in [-0.15, -0.1) is 0 Å². The summed E-state index contributed by atoms with van der Waals surface area (Å²) in [7, 11) is 0. The van der Waals surface area contributed by atoms with Crippen LogP contribution in [0.2, 0.25) is 15.1 Å². The summed E-state index contributed by atoms with van der Waals surface area (Å²) in [6.07, 6.45) is 1.17. The molecule has 27 heavy (non-hydrogen) atoms. The first-order valence-corrected chi connectivity index (χ1v) is 9.83. The van der Waals surface area contributed by atoms with Crippen LogP contribution < -0.4 is 5.32 Å². The van der Waals surface area contributed by atoms with Gasteiger partial charge in [-0.2, -0.15) is 0 Å². The molecular weight excluding hydrogens is 405 g/mol. The van der Waals surface area contributed by atoms with E-state index in [4.69, 9.17) is 34.8 Å². The maximum Gasteiger partial charge on any atom is 0.225 e. The first kappa shape index (κ1) is 18.5. The number of ketones is 1. The standard InChI is InChI=1S/C21H16Cl3NO2/c22-15-4-2-1-3-13(15)12-8-18-21(19(26)9-12)14(10-20(27)25-18)11-5-6-16(23)17(24)7-11/h1-7,12,14H,8-10H2,(H,25,27)/t12-,14+/m1/s1. The van der Waals surface area contributed by atoms with Gasteiger partial charge in [0, 0.05) is 35.1 Å². The van der Waals surface area contributed by atoms with Crippen LogP contribution in [0.15, 0.2) is 53.7 Å². The lowest BCUT2D eigenvalue weighted by molar-refractivity contribution is -0.122. The fourth-order valence-corrected chi connectivity index (χ4v) is 4.60. The Morgan fingerprint density at radius 2 is 1.63 bits per heavy atom. The van der Waals surface area contributed by atoms with Gasteiger partial charge in [0.25, 0.3) is 0 Å². The normalized spacial score (nSPS) is 22.5. The molecule has 1 amide bonds. The Hall–Kier alpha value is -1.81. The number of benzene rings is 2. The Kier molecular flexibility index (Phi) is 5.02. The van der Waals surface area contributed by atoms with Gasteiger partial charge in [0.05, 0.1) is 10.0 Å². The molecule has 0 bridgehead atoms. The van der Waals surface area contributed by atoms with Crippen LogP contribution in [-0.2, 0) is 9.59 Å². The van der Waals surface area contributed by atoms with E-state index < -0.39 is 0 Å². The molecule has 2 aromatic carbocycles.